The molecule has 1 nitrogen and oxygen atoms in total. The minimum atomic E-state index is 0.917. The highest BCUT2D eigenvalue weighted by atomic mass is 14.9. The summed E-state index contributed by atoms with van der Waals surface area (Å²) in [6, 6.07) is 0. The van der Waals surface area contributed by atoms with E-state index < -0.39 is 0 Å². The van der Waals surface area contributed by atoms with Crippen molar-refractivity contribution in [3.8, 4) is 0 Å². The molecule has 0 atom stereocenters. The Bertz CT molecular complexity index is 63.4. The molecule has 0 spiro atoms. The summed E-state index contributed by atoms with van der Waals surface area (Å²) in [5, 5.41) is 0. The number of hydrogen-bond acceptors (Lipinski definition) is 1. The van der Waals surface area contributed by atoms with Crippen molar-refractivity contribution in [2.75, 3.05) is 0 Å². The Morgan fingerprint density at radius 2 is 2.25 bits per heavy atom. The summed E-state index contributed by atoms with van der Waals surface area (Å²) in [5.74, 6) is 0. The van der Waals surface area contributed by atoms with Crippen LogP contribution in [0.5, 0.6) is 0 Å². The first kappa shape index (κ1) is 1.70. The van der Waals surface area contributed by atoms with E-state index in [0.29, 0.717) is 0 Å². The van der Waals surface area contributed by atoms with Crippen molar-refractivity contribution in [2.24, 2.45) is 4.99 Å². The third-order valence-corrected chi connectivity index (χ3v) is 0.312. The standard InChI is InChI=1S/C3H3N/c1-3-2-4-3/h2H,1H2. The topological polar surface area (TPSA) is 12.4 Å². The maximum absolute atomic E-state index is 3.58. The molecule has 0 radical (unpaired) electrons. The molecule has 0 bridgehead atoms. The van der Waals surface area contributed by atoms with Gasteiger partial charge in [0.2, 0.25) is 0 Å². The van der Waals surface area contributed by atoms with Crippen LogP contribution in [0.25, 0.3) is 0 Å². The molecule has 20 valence electrons. The summed E-state index contributed by atoms with van der Waals surface area (Å²) in [5.41, 5.74) is 0.917. The minimum absolute atomic E-state index is 0.917. The Morgan fingerprint density at radius 3 is 2.25 bits per heavy atom. The van der Waals surface area contributed by atoms with Gasteiger partial charge in [0.15, 0.2) is 0 Å². The van der Waals surface area contributed by atoms with E-state index in [2.05, 4.69) is 11.6 Å². The summed E-state index contributed by atoms with van der Waals surface area (Å²) in [6.07, 6.45) is 1.72. The molecule has 0 fully saturated rings. The molecular formula is C3H3N. The quantitative estimate of drug-likeness (QED) is 0.383. The number of rotatable bonds is 0. The van der Waals surface area contributed by atoms with Gasteiger partial charge in [0.1, 0.15) is 0 Å². The van der Waals surface area contributed by atoms with E-state index in [1.807, 2.05) is 0 Å². The van der Waals surface area contributed by atoms with Gasteiger partial charge < -0.3 is 0 Å². The second-order valence-corrected chi connectivity index (χ2v) is 0.750. The van der Waals surface area contributed by atoms with Gasteiger partial charge in [0.05, 0.1) is 11.9 Å². The van der Waals surface area contributed by atoms with Crippen LogP contribution in [0, 0.1) is 0 Å². The van der Waals surface area contributed by atoms with Crippen LogP contribution < -0.4 is 0 Å². The summed E-state index contributed by atoms with van der Waals surface area (Å²) < 4.78 is 0. The lowest BCUT2D eigenvalue weighted by Crippen LogP contribution is -1.28. The Hall–Kier alpha value is -0.590. The van der Waals surface area contributed by atoms with Gasteiger partial charge in [-0.05, 0) is 0 Å². The maximum Gasteiger partial charge on any atom is 0.0741 e. The average molecular weight is 53.1 g/mol. The number of allylic oxidation sites excluding steroid dienone is 1. The largest absolute Gasteiger partial charge is 0.254 e. The molecule has 0 saturated heterocycles. The molecule has 4 heavy (non-hydrogen) atoms. The van der Waals surface area contributed by atoms with Crippen molar-refractivity contribution in [2.45, 2.75) is 0 Å². The van der Waals surface area contributed by atoms with Crippen LogP contribution in [0.1, 0.15) is 0 Å². The number of nitrogens with zero attached hydrogens (tertiary/aromatic N) is 1. The van der Waals surface area contributed by atoms with E-state index in [1.165, 1.54) is 0 Å². The maximum atomic E-state index is 3.58. The van der Waals surface area contributed by atoms with Crippen molar-refractivity contribution in [3.05, 3.63) is 12.3 Å². The smallest absolute Gasteiger partial charge is 0.0741 e. The van der Waals surface area contributed by atoms with Gasteiger partial charge in [-0.1, -0.05) is 6.58 Å². The molecule has 0 aromatic rings. The molecule has 0 aliphatic carbocycles. The Kier molecular flexibility index (Phi) is 0.105. The van der Waals surface area contributed by atoms with Gasteiger partial charge in [0, 0.05) is 0 Å². The van der Waals surface area contributed by atoms with Crippen molar-refractivity contribution in [1.29, 1.82) is 0 Å². The normalized spacial score (nSPS) is 17.5. The lowest BCUT2D eigenvalue weighted by molar-refractivity contribution is 1.75. The molecule has 0 amide bonds. The monoisotopic (exact) mass is 53.0 g/mol. The molecule has 0 unspecified atom stereocenters. The number of aliphatic imine (C=N–C) groups is 1. The van der Waals surface area contributed by atoms with E-state index in [-0.39, 0.29) is 0 Å². The van der Waals surface area contributed by atoms with E-state index in [4.69, 9.17) is 0 Å². The highest BCUT2D eigenvalue weighted by Gasteiger charge is 1.89. The molecular weight excluding hydrogens is 50.0 g/mol. The van der Waals surface area contributed by atoms with E-state index in [0.717, 1.165) is 5.70 Å². The van der Waals surface area contributed by atoms with Gasteiger partial charge in [-0.25, -0.2) is 0 Å². The second kappa shape index (κ2) is 0.246. The summed E-state index contributed by atoms with van der Waals surface area (Å²) in [4.78, 5) is 3.58. The first-order valence-corrected chi connectivity index (χ1v) is 1.12. The van der Waals surface area contributed by atoms with Crippen LogP contribution in [0.2, 0.25) is 0 Å². The minimum Gasteiger partial charge on any atom is -0.254 e. The molecule has 0 saturated carbocycles. The first-order valence-electron chi connectivity index (χ1n) is 1.12. The van der Waals surface area contributed by atoms with Crippen LogP contribution in [0.15, 0.2) is 17.3 Å². The third-order valence-electron chi connectivity index (χ3n) is 0.312. The Morgan fingerprint density at radius 1 is 2.00 bits per heavy atom. The van der Waals surface area contributed by atoms with Gasteiger partial charge >= 0.3 is 0 Å². The van der Waals surface area contributed by atoms with Crippen LogP contribution >= 0.6 is 0 Å². The second-order valence-electron chi connectivity index (χ2n) is 0.750. The van der Waals surface area contributed by atoms with Crippen LogP contribution in [-0.4, -0.2) is 6.21 Å². The predicted octanol–water partition coefficient (Wildman–Crippen LogP) is 0.585. The highest BCUT2D eigenvalue weighted by molar-refractivity contribution is 5.91. The van der Waals surface area contributed by atoms with Crippen molar-refractivity contribution in [3.63, 3.8) is 0 Å². The molecule has 1 heteroatoms. The van der Waals surface area contributed by atoms with Gasteiger partial charge in [0.25, 0.3) is 0 Å². The van der Waals surface area contributed by atoms with Gasteiger partial charge in [-0.2, -0.15) is 0 Å². The predicted molar refractivity (Wildman–Crippen MR) is 17.6 cm³/mol. The van der Waals surface area contributed by atoms with Crippen molar-refractivity contribution >= 4 is 6.21 Å². The van der Waals surface area contributed by atoms with Crippen LogP contribution in [0.4, 0.5) is 0 Å². The molecule has 1 aliphatic heterocycles. The summed E-state index contributed by atoms with van der Waals surface area (Å²) in [7, 11) is 0. The fourth-order valence-corrected chi connectivity index (χ4v) is 0.0456. The zero-order valence-electron chi connectivity index (χ0n) is 2.23. The molecule has 0 aromatic heterocycles. The zero-order valence-corrected chi connectivity index (χ0v) is 2.23. The molecule has 1 heterocycles. The van der Waals surface area contributed by atoms with Gasteiger partial charge in [-0.3, -0.25) is 4.99 Å². The average Bonchev–Trinajstić information content (AvgIpc) is 1.75. The fourth-order valence-electron chi connectivity index (χ4n) is 0.0456. The Labute approximate surface area is 24.7 Å². The van der Waals surface area contributed by atoms with Crippen LogP contribution in [-0.2, 0) is 0 Å². The zero-order chi connectivity index (χ0) is 2.99. The Balaban J connectivity index is 2.80. The van der Waals surface area contributed by atoms with Crippen molar-refractivity contribution < 1.29 is 0 Å². The first-order chi connectivity index (χ1) is 1.89. The molecule has 1 rings (SSSR count). The van der Waals surface area contributed by atoms with Crippen LogP contribution in [0.3, 0.4) is 0 Å². The highest BCUT2D eigenvalue weighted by Crippen LogP contribution is 1.97. The summed E-state index contributed by atoms with van der Waals surface area (Å²) >= 11 is 0. The number of hydrogen-bond donors (Lipinski definition) is 0. The lowest BCUT2D eigenvalue weighted by atomic mass is 10.8. The van der Waals surface area contributed by atoms with E-state index in [9.17, 15) is 0 Å². The SMILES string of the molecule is C=C1C=N1. The molecule has 0 aromatic carbocycles. The summed E-state index contributed by atoms with van der Waals surface area (Å²) in [6.45, 7) is 3.44. The molecule has 0 N–H and O–H groups in total. The molecule has 1 aliphatic rings. The van der Waals surface area contributed by atoms with Gasteiger partial charge in [-0.15, -0.1) is 0 Å². The van der Waals surface area contributed by atoms with E-state index in [1.54, 1.807) is 6.21 Å². The van der Waals surface area contributed by atoms with E-state index >= 15 is 0 Å². The third kappa shape index (κ3) is 0.0408. The lowest BCUT2D eigenvalue weighted by Gasteiger charge is -1.36. The fraction of sp³-hybridized carbons (Fsp3) is 0. The van der Waals surface area contributed by atoms with Crippen molar-refractivity contribution in [1.82, 2.24) is 0 Å².